The molecule has 2 rings (SSSR count). The summed E-state index contributed by atoms with van der Waals surface area (Å²) >= 11 is 0. The highest BCUT2D eigenvalue weighted by Crippen LogP contribution is 2.34. The minimum absolute atomic E-state index is 0.0519. The summed E-state index contributed by atoms with van der Waals surface area (Å²) in [7, 11) is 0. The van der Waals surface area contributed by atoms with Gasteiger partial charge in [0.05, 0.1) is 18.9 Å². The van der Waals surface area contributed by atoms with Gasteiger partial charge in [0, 0.05) is 37.5 Å². The lowest BCUT2D eigenvalue weighted by Crippen LogP contribution is -2.19. The highest BCUT2D eigenvalue weighted by Gasteiger charge is 2.39. The smallest absolute Gasteiger partial charge is 0.303 e. The Morgan fingerprint density at radius 3 is 2.67 bits per heavy atom. The summed E-state index contributed by atoms with van der Waals surface area (Å²) in [6, 6.07) is 7.48. The number of carboxylic acids is 1. The van der Waals surface area contributed by atoms with Gasteiger partial charge in [-0.15, -0.1) is 0 Å². The summed E-state index contributed by atoms with van der Waals surface area (Å²) < 4.78 is 12.5. The van der Waals surface area contributed by atoms with Gasteiger partial charge in [0.25, 0.3) is 0 Å². The number of halogens is 1. The molecule has 4 atom stereocenters. The van der Waals surface area contributed by atoms with Gasteiger partial charge in [-0.3, -0.25) is 14.0 Å². The van der Waals surface area contributed by atoms with Gasteiger partial charge >= 0.3 is 5.97 Å². The second-order valence-electron chi connectivity index (χ2n) is 8.18. The zero-order valence-electron chi connectivity index (χ0n) is 17.4. The number of alkyl halides is 1. The van der Waals surface area contributed by atoms with E-state index in [-0.39, 0.29) is 30.5 Å². The monoisotopic (exact) mass is 420 g/mol. The maximum atomic E-state index is 12.5. The van der Waals surface area contributed by atoms with Crippen LogP contribution in [-0.2, 0) is 22.4 Å². The molecule has 1 aromatic rings. The van der Waals surface area contributed by atoms with Crippen molar-refractivity contribution in [2.45, 2.75) is 70.0 Å². The molecule has 1 aliphatic carbocycles. The van der Waals surface area contributed by atoms with Crippen molar-refractivity contribution in [1.82, 2.24) is 0 Å². The van der Waals surface area contributed by atoms with Crippen LogP contribution < -0.4 is 0 Å². The Labute approximate surface area is 177 Å². The van der Waals surface area contributed by atoms with E-state index in [2.05, 4.69) is 0 Å². The first kappa shape index (κ1) is 24.2. The molecule has 0 aliphatic heterocycles. The molecule has 0 heterocycles. The Balaban J connectivity index is 1.85. The van der Waals surface area contributed by atoms with Crippen molar-refractivity contribution < 1.29 is 29.3 Å². The van der Waals surface area contributed by atoms with Crippen LogP contribution in [0.3, 0.4) is 0 Å². The molecule has 3 N–H and O–H groups in total. The third-order valence-corrected chi connectivity index (χ3v) is 5.76. The standard InChI is InChI=1S/C24H33FO5/c25-13-12-17-6-5-7-18(14-17)15-19(26)10-11-21-20(22(27)16-23(21)28)8-3-1-2-4-9-24(29)30/h5-7,10-11,14,19-21,23,26,28H,1-4,8-9,12-13,15-16H2,(H,29,30)/t19-,20-,21-,23-/m1/s1. The molecule has 0 amide bonds. The minimum Gasteiger partial charge on any atom is -0.481 e. The number of carbonyl (C=O) groups is 2. The number of rotatable bonds is 13. The summed E-state index contributed by atoms with van der Waals surface area (Å²) in [5.41, 5.74) is 1.81. The van der Waals surface area contributed by atoms with Gasteiger partial charge in [-0.2, -0.15) is 0 Å². The maximum absolute atomic E-state index is 12.5. The molecule has 0 aromatic heterocycles. The molecule has 0 radical (unpaired) electrons. The summed E-state index contributed by atoms with van der Waals surface area (Å²) in [6.07, 6.45) is 6.79. The van der Waals surface area contributed by atoms with Crippen LogP contribution in [0.5, 0.6) is 0 Å². The van der Waals surface area contributed by atoms with Crippen molar-refractivity contribution in [1.29, 1.82) is 0 Å². The largest absolute Gasteiger partial charge is 0.481 e. The second kappa shape index (κ2) is 12.6. The van der Waals surface area contributed by atoms with Gasteiger partial charge in [-0.25, -0.2) is 0 Å². The van der Waals surface area contributed by atoms with Crippen molar-refractivity contribution >= 4 is 11.8 Å². The van der Waals surface area contributed by atoms with Crippen LogP contribution in [0.2, 0.25) is 0 Å². The SMILES string of the molecule is O=C(O)CCCCCC[C@H]1C(=O)C[C@@H](O)[C@@H]1C=C[C@@H](O)Cc1cccc(CCF)c1. The molecule has 30 heavy (non-hydrogen) atoms. The highest BCUT2D eigenvalue weighted by molar-refractivity contribution is 5.84. The number of unbranched alkanes of at least 4 members (excludes halogenated alkanes) is 3. The van der Waals surface area contributed by atoms with Crippen molar-refractivity contribution in [2.24, 2.45) is 11.8 Å². The molecule has 1 aromatic carbocycles. The van der Waals surface area contributed by atoms with Crippen LogP contribution >= 0.6 is 0 Å². The number of carboxylic acid groups (broad SMARTS) is 1. The molecule has 0 unspecified atom stereocenters. The summed E-state index contributed by atoms with van der Waals surface area (Å²) in [5.74, 6) is -1.29. The number of carbonyl (C=O) groups excluding carboxylic acids is 1. The molecule has 1 aliphatic rings. The van der Waals surface area contributed by atoms with Crippen LogP contribution in [0.25, 0.3) is 0 Å². The van der Waals surface area contributed by atoms with Crippen molar-refractivity contribution in [3.05, 3.63) is 47.5 Å². The lowest BCUT2D eigenvalue weighted by molar-refractivity contribution is -0.137. The fourth-order valence-electron chi connectivity index (χ4n) is 4.17. The quantitative estimate of drug-likeness (QED) is 0.334. The van der Waals surface area contributed by atoms with E-state index in [1.807, 2.05) is 24.3 Å². The zero-order valence-corrected chi connectivity index (χ0v) is 17.4. The number of hydrogen-bond acceptors (Lipinski definition) is 4. The van der Waals surface area contributed by atoms with Gasteiger partial charge in [0.2, 0.25) is 0 Å². The first-order valence-electron chi connectivity index (χ1n) is 10.8. The lowest BCUT2D eigenvalue weighted by atomic mass is 9.88. The Kier molecular flexibility index (Phi) is 10.2. The van der Waals surface area contributed by atoms with E-state index in [1.54, 1.807) is 12.2 Å². The number of ketones is 1. The Morgan fingerprint density at radius 2 is 1.93 bits per heavy atom. The van der Waals surface area contributed by atoms with Crippen LogP contribution in [-0.4, -0.2) is 46.0 Å². The lowest BCUT2D eigenvalue weighted by Gasteiger charge is -2.18. The van der Waals surface area contributed by atoms with Crippen LogP contribution in [0, 0.1) is 11.8 Å². The topological polar surface area (TPSA) is 94.8 Å². The number of benzene rings is 1. The van der Waals surface area contributed by atoms with Gasteiger partial charge in [-0.1, -0.05) is 55.7 Å². The van der Waals surface area contributed by atoms with Crippen molar-refractivity contribution in [3.8, 4) is 0 Å². The van der Waals surface area contributed by atoms with Gasteiger partial charge in [-0.05, 0) is 24.0 Å². The average molecular weight is 421 g/mol. The van der Waals surface area contributed by atoms with Crippen molar-refractivity contribution in [2.75, 3.05) is 6.67 Å². The Bertz CT molecular complexity index is 717. The Hall–Kier alpha value is -2.05. The van der Waals surface area contributed by atoms with E-state index < -0.39 is 24.9 Å². The molecule has 0 saturated heterocycles. The molecular weight excluding hydrogens is 387 g/mol. The third kappa shape index (κ3) is 8.00. The normalized spacial score (nSPS) is 22.6. The third-order valence-electron chi connectivity index (χ3n) is 5.76. The molecule has 0 spiro atoms. The predicted molar refractivity (Wildman–Crippen MR) is 113 cm³/mol. The molecule has 166 valence electrons. The number of aliphatic carboxylic acids is 1. The van der Waals surface area contributed by atoms with Gasteiger partial charge in [0.15, 0.2) is 0 Å². The predicted octanol–water partition coefficient (Wildman–Crippen LogP) is 3.65. The van der Waals surface area contributed by atoms with Gasteiger partial charge in [0.1, 0.15) is 5.78 Å². The van der Waals surface area contributed by atoms with E-state index in [4.69, 9.17) is 5.11 Å². The fraction of sp³-hybridized carbons (Fsp3) is 0.583. The number of aliphatic hydroxyl groups is 2. The fourth-order valence-corrected chi connectivity index (χ4v) is 4.17. The van der Waals surface area contributed by atoms with Gasteiger partial charge < -0.3 is 15.3 Å². The molecule has 5 nitrogen and oxygen atoms in total. The highest BCUT2D eigenvalue weighted by atomic mass is 19.1. The first-order chi connectivity index (χ1) is 14.4. The molecular formula is C24H33FO5. The molecule has 1 saturated carbocycles. The minimum atomic E-state index is -0.790. The summed E-state index contributed by atoms with van der Waals surface area (Å²) in [4.78, 5) is 22.8. The summed E-state index contributed by atoms with van der Waals surface area (Å²) in [5, 5.41) is 29.3. The average Bonchev–Trinajstić information content (AvgIpc) is 2.95. The van der Waals surface area contributed by atoms with Crippen LogP contribution in [0.15, 0.2) is 36.4 Å². The molecule has 6 heteroatoms. The number of hydrogen-bond donors (Lipinski definition) is 3. The van der Waals surface area contributed by atoms with E-state index in [0.717, 1.165) is 30.4 Å². The number of Topliss-reactive ketones (excluding diaryl/α,β-unsaturated/α-hetero) is 1. The maximum Gasteiger partial charge on any atom is 0.303 e. The van der Waals surface area contributed by atoms with E-state index in [9.17, 15) is 24.2 Å². The second-order valence-corrected chi connectivity index (χ2v) is 8.18. The van der Waals surface area contributed by atoms with E-state index in [1.165, 1.54) is 0 Å². The first-order valence-corrected chi connectivity index (χ1v) is 10.8. The van der Waals surface area contributed by atoms with Crippen molar-refractivity contribution in [3.63, 3.8) is 0 Å². The zero-order chi connectivity index (χ0) is 21.9. The molecule has 0 bridgehead atoms. The van der Waals surface area contributed by atoms with Crippen LogP contribution in [0.1, 0.15) is 56.1 Å². The number of aliphatic hydroxyl groups excluding tert-OH is 2. The van der Waals surface area contributed by atoms with E-state index >= 15 is 0 Å². The number of aryl methyl sites for hydroxylation is 1. The van der Waals surface area contributed by atoms with Crippen LogP contribution in [0.4, 0.5) is 4.39 Å². The summed E-state index contributed by atoms with van der Waals surface area (Å²) in [6.45, 7) is -0.416. The van der Waals surface area contributed by atoms with E-state index in [0.29, 0.717) is 25.7 Å². The Morgan fingerprint density at radius 1 is 1.20 bits per heavy atom. The molecule has 1 fully saturated rings.